The number of rotatable bonds is 4. The molecule has 0 fully saturated rings. The Kier molecular flexibility index (Phi) is 4.68. The van der Waals surface area contributed by atoms with E-state index in [0.717, 1.165) is 16.3 Å². The molecule has 0 aliphatic rings. The Bertz CT molecular complexity index is 1460. The van der Waals surface area contributed by atoms with Crippen LogP contribution in [-0.2, 0) is 16.9 Å². The zero-order valence-corrected chi connectivity index (χ0v) is 17.0. The molecule has 0 bridgehead atoms. The Morgan fingerprint density at radius 1 is 1.07 bits per heavy atom. The van der Waals surface area contributed by atoms with Crippen LogP contribution in [0, 0.1) is 11.3 Å². The first-order valence-electron chi connectivity index (χ1n) is 8.95. The number of nitriles is 1. The van der Waals surface area contributed by atoms with Crippen LogP contribution in [0.1, 0.15) is 5.69 Å². The van der Waals surface area contributed by atoms with Crippen molar-refractivity contribution in [2.45, 2.75) is 4.90 Å². The third kappa shape index (κ3) is 2.96. The summed E-state index contributed by atoms with van der Waals surface area (Å²) in [7, 11) is -1.09. The van der Waals surface area contributed by atoms with Crippen molar-refractivity contribution in [3.63, 3.8) is 0 Å². The molecule has 0 spiro atoms. The van der Waals surface area contributed by atoms with E-state index in [1.807, 2.05) is 30.3 Å². The van der Waals surface area contributed by atoms with Crippen LogP contribution < -0.4 is 4.74 Å². The number of methoxy groups -OCH3 is 1. The summed E-state index contributed by atoms with van der Waals surface area (Å²) in [5.41, 5.74) is 0.765. The molecule has 8 heteroatoms. The first-order valence-corrected chi connectivity index (χ1v) is 10.4. The second kappa shape index (κ2) is 7.21. The Balaban J connectivity index is 1.95. The van der Waals surface area contributed by atoms with Crippen molar-refractivity contribution in [2.75, 3.05) is 7.11 Å². The summed E-state index contributed by atoms with van der Waals surface area (Å²) in [5, 5.41) is 27.2. The lowest BCUT2D eigenvalue weighted by molar-refractivity contribution is 0.414. The minimum atomic E-state index is -4.26. The number of aliphatic hydroxyl groups excluding tert-OH is 1. The number of benzene rings is 3. The zero-order chi connectivity index (χ0) is 21.5. The van der Waals surface area contributed by atoms with E-state index >= 15 is 0 Å². The lowest BCUT2D eigenvalue weighted by Gasteiger charge is -2.06. The van der Waals surface area contributed by atoms with Gasteiger partial charge in [0, 0.05) is 17.8 Å². The van der Waals surface area contributed by atoms with Gasteiger partial charge in [-0.25, -0.2) is 8.42 Å². The average Bonchev–Trinajstić information content (AvgIpc) is 3.11. The van der Waals surface area contributed by atoms with Gasteiger partial charge in [-0.1, -0.05) is 30.3 Å². The molecule has 1 aromatic heterocycles. The van der Waals surface area contributed by atoms with Gasteiger partial charge in [0.05, 0.1) is 17.5 Å². The number of aliphatic hydroxyl groups is 1. The zero-order valence-electron chi connectivity index (χ0n) is 16.2. The minimum absolute atomic E-state index is 0.0342. The van der Waals surface area contributed by atoms with E-state index in [2.05, 4.69) is 5.10 Å². The molecule has 1 N–H and O–H groups in total. The van der Waals surface area contributed by atoms with Crippen LogP contribution in [0.4, 0.5) is 0 Å². The molecular formula is C22H17N3O4S. The van der Waals surface area contributed by atoms with Crippen molar-refractivity contribution >= 4 is 37.3 Å². The molecule has 0 saturated carbocycles. The fourth-order valence-corrected chi connectivity index (χ4v) is 4.65. The Morgan fingerprint density at radius 3 is 2.43 bits per heavy atom. The third-order valence-corrected chi connectivity index (χ3v) is 6.62. The van der Waals surface area contributed by atoms with E-state index in [1.54, 1.807) is 23.9 Å². The maximum absolute atomic E-state index is 13.0. The molecule has 0 aliphatic carbocycles. The maximum Gasteiger partial charge on any atom is 0.220 e. The Hall–Kier alpha value is -3.83. The SMILES string of the molecule is COc1ccc(S(=O)(=O)/C(C#N)=C(\O)c2nn(C)c3c2ccc2ccccc23)cc1. The lowest BCUT2D eigenvalue weighted by Crippen LogP contribution is -2.07. The molecule has 0 aliphatic heterocycles. The summed E-state index contributed by atoms with van der Waals surface area (Å²) < 4.78 is 32.6. The highest BCUT2D eigenvalue weighted by Crippen LogP contribution is 2.33. The summed E-state index contributed by atoms with van der Waals surface area (Å²) in [6.45, 7) is 0. The van der Waals surface area contributed by atoms with Gasteiger partial charge in [0.15, 0.2) is 10.7 Å². The van der Waals surface area contributed by atoms with Crippen LogP contribution in [0.25, 0.3) is 27.4 Å². The van der Waals surface area contributed by atoms with Gasteiger partial charge in [-0.3, -0.25) is 4.68 Å². The topological polar surface area (TPSA) is 105 Å². The van der Waals surface area contributed by atoms with Crippen LogP contribution in [0.5, 0.6) is 5.75 Å². The first-order chi connectivity index (χ1) is 14.4. The molecule has 150 valence electrons. The molecular weight excluding hydrogens is 402 g/mol. The van der Waals surface area contributed by atoms with Gasteiger partial charge in [0.1, 0.15) is 17.5 Å². The van der Waals surface area contributed by atoms with Gasteiger partial charge in [-0.05, 0) is 35.7 Å². The predicted molar refractivity (Wildman–Crippen MR) is 114 cm³/mol. The standard InChI is InChI=1S/C22H17N3O4S/c1-25-21-17-6-4-3-5-14(17)7-12-18(21)20(24-25)22(26)19(13-23)30(27,28)16-10-8-15(29-2)9-11-16/h3-12,26H,1-2H3/b22-19-. The number of hydrogen-bond donors (Lipinski definition) is 1. The van der Waals surface area contributed by atoms with Crippen LogP contribution >= 0.6 is 0 Å². The highest BCUT2D eigenvalue weighted by Gasteiger charge is 2.28. The normalized spacial score (nSPS) is 12.6. The van der Waals surface area contributed by atoms with E-state index in [0.29, 0.717) is 11.1 Å². The summed E-state index contributed by atoms with van der Waals surface area (Å²) in [6, 6.07) is 18.5. The van der Waals surface area contributed by atoms with Gasteiger partial charge in [-0.2, -0.15) is 10.4 Å². The van der Waals surface area contributed by atoms with Gasteiger partial charge in [0.2, 0.25) is 9.84 Å². The molecule has 0 unspecified atom stereocenters. The smallest absolute Gasteiger partial charge is 0.220 e. The molecule has 0 saturated heterocycles. The molecule has 3 aromatic carbocycles. The molecule has 30 heavy (non-hydrogen) atoms. The highest BCUT2D eigenvalue weighted by molar-refractivity contribution is 7.95. The van der Waals surface area contributed by atoms with Crippen molar-refractivity contribution in [3.05, 3.63) is 71.3 Å². The average molecular weight is 419 g/mol. The molecule has 0 atom stereocenters. The summed E-state index contributed by atoms with van der Waals surface area (Å²) >= 11 is 0. The van der Waals surface area contributed by atoms with Crippen molar-refractivity contribution < 1.29 is 18.3 Å². The van der Waals surface area contributed by atoms with Gasteiger partial charge in [0.25, 0.3) is 0 Å². The highest BCUT2D eigenvalue weighted by atomic mass is 32.2. The van der Waals surface area contributed by atoms with Gasteiger partial charge < -0.3 is 9.84 Å². The number of aryl methyl sites for hydroxylation is 1. The van der Waals surface area contributed by atoms with Gasteiger partial charge in [-0.15, -0.1) is 0 Å². The number of hydrogen-bond acceptors (Lipinski definition) is 6. The fraction of sp³-hybridized carbons (Fsp3) is 0.0909. The Morgan fingerprint density at radius 2 is 1.77 bits per heavy atom. The molecule has 4 aromatic rings. The number of fused-ring (bicyclic) bond motifs is 3. The fourth-order valence-electron chi connectivity index (χ4n) is 3.44. The van der Waals surface area contributed by atoms with Crippen molar-refractivity contribution in [3.8, 4) is 11.8 Å². The van der Waals surface area contributed by atoms with E-state index in [-0.39, 0.29) is 10.6 Å². The van der Waals surface area contributed by atoms with Crippen molar-refractivity contribution in [2.24, 2.45) is 7.05 Å². The van der Waals surface area contributed by atoms with Crippen molar-refractivity contribution in [1.29, 1.82) is 5.26 Å². The quantitative estimate of drug-likeness (QED) is 0.396. The summed E-state index contributed by atoms with van der Waals surface area (Å²) in [6.07, 6.45) is 0. The summed E-state index contributed by atoms with van der Waals surface area (Å²) in [4.78, 5) is -0.891. The number of sulfone groups is 1. The summed E-state index contributed by atoms with van der Waals surface area (Å²) in [5.74, 6) is -0.211. The molecule has 0 radical (unpaired) electrons. The molecule has 1 heterocycles. The van der Waals surface area contributed by atoms with E-state index in [9.17, 15) is 18.8 Å². The molecule has 4 rings (SSSR count). The molecule has 0 amide bonds. The number of ether oxygens (including phenoxy) is 1. The van der Waals surface area contributed by atoms with Crippen LogP contribution in [0.15, 0.2) is 70.5 Å². The minimum Gasteiger partial charge on any atom is -0.504 e. The van der Waals surface area contributed by atoms with Gasteiger partial charge >= 0.3 is 0 Å². The van der Waals surface area contributed by atoms with Crippen LogP contribution in [0.2, 0.25) is 0 Å². The van der Waals surface area contributed by atoms with Crippen molar-refractivity contribution in [1.82, 2.24) is 9.78 Å². The lowest BCUT2D eigenvalue weighted by atomic mass is 10.1. The second-order valence-electron chi connectivity index (χ2n) is 6.62. The largest absolute Gasteiger partial charge is 0.504 e. The predicted octanol–water partition coefficient (Wildman–Crippen LogP) is 3.96. The van der Waals surface area contributed by atoms with E-state index in [4.69, 9.17) is 4.74 Å². The monoisotopic (exact) mass is 419 g/mol. The van der Waals surface area contributed by atoms with E-state index in [1.165, 1.54) is 31.4 Å². The number of allylic oxidation sites excluding steroid dienone is 1. The van der Waals surface area contributed by atoms with Crippen LogP contribution in [0.3, 0.4) is 0 Å². The maximum atomic E-state index is 13.0. The number of aromatic nitrogens is 2. The Labute approximate surface area is 173 Å². The third-order valence-electron chi connectivity index (χ3n) is 4.91. The van der Waals surface area contributed by atoms with E-state index < -0.39 is 20.5 Å². The molecule has 7 nitrogen and oxygen atoms in total. The number of nitrogens with zero attached hydrogens (tertiary/aromatic N) is 3. The second-order valence-corrected chi connectivity index (χ2v) is 8.51. The van der Waals surface area contributed by atoms with Crippen LogP contribution in [-0.4, -0.2) is 30.4 Å². The first kappa shape index (κ1) is 19.5.